The van der Waals surface area contributed by atoms with Crippen LogP contribution >= 0.6 is 11.8 Å². The lowest BCUT2D eigenvalue weighted by Crippen LogP contribution is -2.52. The number of fused-ring (bicyclic) bond motifs is 1. The number of aliphatic carboxylic acids is 1. The summed E-state index contributed by atoms with van der Waals surface area (Å²) in [5.41, 5.74) is -0.276. The van der Waals surface area contributed by atoms with Crippen LogP contribution in [0.3, 0.4) is 0 Å². The summed E-state index contributed by atoms with van der Waals surface area (Å²) >= 11 is 1.47. The average molecular weight is 362 g/mol. The number of carboxylic acids is 1. The summed E-state index contributed by atoms with van der Waals surface area (Å²) in [4.78, 5) is 30.8. The van der Waals surface area contributed by atoms with Crippen LogP contribution < -0.4 is 0 Å². The molecular weight excluding hydrogens is 340 g/mol. The zero-order chi connectivity index (χ0) is 18.4. The van der Waals surface area contributed by atoms with E-state index in [1.807, 2.05) is 49.1 Å². The number of amidine groups is 1. The van der Waals surface area contributed by atoms with E-state index >= 15 is 0 Å². The van der Waals surface area contributed by atoms with Crippen LogP contribution in [-0.2, 0) is 20.7 Å². The van der Waals surface area contributed by atoms with Crippen molar-refractivity contribution in [2.24, 2.45) is 4.99 Å². The molecule has 3 atom stereocenters. The number of methoxy groups -OCH3 is 1. The van der Waals surface area contributed by atoms with Crippen molar-refractivity contribution in [2.75, 3.05) is 7.11 Å². The van der Waals surface area contributed by atoms with E-state index in [2.05, 4.69) is 4.99 Å². The van der Waals surface area contributed by atoms with Crippen LogP contribution in [0.25, 0.3) is 0 Å². The zero-order valence-electron chi connectivity index (χ0n) is 14.7. The lowest BCUT2D eigenvalue weighted by Gasteiger charge is -2.30. The Morgan fingerprint density at radius 1 is 1.28 bits per heavy atom. The van der Waals surface area contributed by atoms with Crippen molar-refractivity contribution in [3.05, 3.63) is 35.9 Å². The lowest BCUT2D eigenvalue weighted by molar-refractivity contribution is -0.148. The third-order valence-corrected chi connectivity index (χ3v) is 6.55. The van der Waals surface area contributed by atoms with Gasteiger partial charge in [0.1, 0.15) is 17.3 Å². The van der Waals surface area contributed by atoms with E-state index in [1.54, 1.807) is 6.92 Å². The Balaban J connectivity index is 2.05. The maximum atomic E-state index is 12.5. The van der Waals surface area contributed by atoms with E-state index in [0.717, 1.165) is 5.56 Å². The van der Waals surface area contributed by atoms with Crippen LogP contribution in [0.5, 0.6) is 0 Å². The predicted molar refractivity (Wildman–Crippen MR) is 96.7 cm³/mol. The molecule has 0 amide bonds. The number of carbonyl (C=O) groups excluding carboxylic acids is 1. The highest BCUT2D eigenvalue weighted by atomic mass is 32.2. The number of aliphatic imine (C=N–C) groups is 1. The maximum absolute atomic E-state index is 12.5. The highest BCUT2D eigenvalue weighted by Gasteiger charge is 2.63. The second kappa shape index (κ2) is 6.05. The fourth-order valence-electron chi connectivity index (χ4n) is 3.50. The monoisotopic (exact) mass is 362 g/mol. The summed E-state index contributed by atoms with van der Waals surface area (Å²) in [6, 6.07) is 9.15. The van der Waals surface area contributed by atoms with Gasteiger partial charge in [0.15, 0.2) is 5.54 Å². The van der Waals surface area contributed by atoms with Crippen molar-refractivity contribution in [3.63, 3.8) is 0 Å². The van der Waals surface area contributed by atoms with Crippen LogP contribution in [0, 0.1) is 0 Å². The maximum Gasteiger partial charge on any atom is 0.334 e. The van der Waals surface area contributed by atoms with Gasteiger partial charge in [-0.2, -0.15) is 0 Å². The van der Waals surface area contributed by atoms with Crippen molar-refractivity contribution < 1.29 is 19.4 Å². The molecule has 1 fully saturated rings. The second-order valence-corrected chi connectivity index (χ2v) is 8.78. The molecule has 0 aromatic heterocycles. The minimum atomic E-state index is -1.30. The highest BCUT2D eigenvalue weighted by Crippen LogP contribution is 2.52. The second-order valence-electron chi connectivity index (χ2n) is 7.05. The van der Waals surface area contributed by atoms with Crippen LogP contribution in [0.1, 0.15) is 26.3 Å². The quantitative estimate of drug-likeness (QED) is 0.827. The average Bonchev–Trinajstić information content (AvgIpc) is 2.99. The molecule has 1 saturated heterocycles. The molecule has 3 unspecified atom stereocenters. The first-order valence-corrected chi connectivity index (χ1v) is 8.98. The summed E-state index contributed by atoms with van der Waals surface area (Å²) in [5, 5.41) is 9.35. The number of esters is 1. The van der Waals surface area contributed by atoms with E-state index in [9.17, 15) is 14.7 Å². The number of hydrogen-bond acceptors (Lipinski definition) is 6. The highest BCUT2D eigenvalue weighted by molar-refractivity contribution is 8.01. The van der Waals surface area contributed by atoms with Gasteiger partial charge in [0.05, 0.1) is 7.11 Å². The Hall–Kier alpha value is -2.02. The normalized spacial score (nSPS) is 29.9. The molecule has 134 valence electrons. The molecule has 0 aliphatic carbocycles. The summed E-state index contributed by atoms with van der Waals surface area (Å²) < 4.78 is 4.53. The summed E-state index contributed by atoms with van der Waals surface area (Å²) in [6.07, 6.45) is 0.477. The number of thioether (sulfide) groups is 1. The molecule has 3 rings (SSSR count). The topological polar surface area (TPSA) is 79.2 Å². The molecule has 6 nitrogen and oxygen atoms in total. The van der Waals surface area contributed by atoms with Crippen molar-refractivity contribution in [1.82, 2.24) is 4.90 Å². The minimum Gasteiger partial charge on any atom is -0.479 e. The van der Waals surface area contributed by atoms with Crippen LogP contribution in [0.4, 0.5) is 0 Å². The fourth-order valence-corrected chi connectivity index (χ4v) is 5.16. The van der Waals surface area contributed by atoms with E-state index in [-0.39, 0.29) is 5.97 Å². The van der Waals surface area contributed by atoms with Crippen molar-refractivity contribution in [3.8, 4) is 0 Å². The molecular formula is C18H22N2O4S. The number of carboxylic acid groups (broad SMARTS) is 1. The smallest absolute Gasteiger partial charge is 0.334 e. The standard InChI is InChI=1S/C18H22N2O4S/c1-17(2)13(14(21)24-4)20-12(10-11-8-6-5-7-9-11)19-18(3,16(22)23)15(20)25-17/h5-9,13,15H,10H2,1-4H3,(H,22,23). The van der Waals surface area contributed by atoms with Crippen LogP contribution in [0.15, 0.2) is 35.3 Å². The fraction of sp³-hybridized carbons (Fsp3) is 0.500. The van der Waals surface area contributed by atoms with Gasteiger partial charge in [-0.3, -0.25) is 4.99 Å². The van der Waals surface area contributed by atoms with Gasteiger partial charge in [-0.25, -0.2) is 9.59 Å². The molecule has 1 aromatic rings. The molecule has 2 aliphatic rings. The third kappa shape index (κ3) is 2.80. The molecule has 2 heterocycles. The summed E-state index contributed by atoms with van der Waals surface area (Å²) in [7, 11) is 1.36. The van der Waals surface area contributed by atoms with Gasteiger partial charge in [-0.05, 0) is 26.3 Å². The van der Waals surface area contributed by atoms with Crippen LogP contribution in [-0.4, -0.2) is 56.6 Å². The number of ether oxygens (including phenoxy) is 1. The molecule has 0 saturated carbocycles. The van der Waals surface area contributed by atoms with E-state index < -0.39 is 27.7 Å². The molecule has 7 heteroatoms. The Kier molecular flexibility index (Phi) is 4.31. The molecule has 25 heavy (non-hydrogen) atoms. The molecule has 0 radical (unpaired) electrons. The van der Waals surface area contributed by atoms with E-state index in [1.165, 1.54) is 18.9 Å². The van der Waals surface area contributed by atoms with Crippen molar-refractivity contribution >= 4 is 29.5 Å². The first kappa shape index (κ1) is 17.8. The molecule has 1 aromatic carbocycles. The van der Waals surface area contributed by atoms with Gasteiger partial charge < -0.3 is 14.7 Å². The number of nitrogens with zero attached hydrogens (tertiary/aromatic N) is 2. The number of benzene rings is 1. The molecule has 1 N–H and O–H groups in total. The Morgan fingerprint density at radius 2 is 1.92 bits per heavy atom. The predicted octanol–water partition coefficient (Wildman–Crippen LogP) is 2.18. The molecule has 0 bridgehead atoms. The lowest BCUT2D eigenvalue weighted by atomic mass is 9.99. The van der Waals surface area contributed by atoms with E-state index in [0.29, 0.717) is 12.3 Å². The van der Waals surface area contributed by atoms with Gasteiger partial charge in [0.25, 0.3) is 0 Å². The third-order valence-electron chi connectivity index (χ3n) is 4.81. The molecule has 0 spiro atoms. The van der Waals surface area contributed by atoms with E-state index in [4.69, 9.17) is 4.74 Å². The summed E-state index contributed by atoms with van der Waals surface area (Å²) in [6.45, 7) is 5.51. The van der Waals surface area contributed by atoms with Crippen LogP contribution in [0.2, 0.25) is 0 Å². The SMILES string of the molecule is COC(=O)C1N2C(Cc3ccccc3)=NC(C)(C(=O)O)C2SC1(C)C. The number of hydrogen-bond donors (Lipinski definition) is 1. The zero-order valence-corrected chi connectivity index (χ0v) is 15.5. The van der Waals surface area contributed by atoms with Gasteiger partial charge in [-0.1, -0.05) is 30.3 Å². The summed E-state index contributed by atoms with van der Waals surface area (Å²) in [5.74, 6) is -0.732. The van der Waals surface area contributed by atoms with Crippen molar-refractivity contribution in [2.45, 2.75) is 48.9 Å². The van der Waals surface area contributed by atoms with Gasteiger partial charge in [0.2, 0.25) is 0 Å². The Labute approximate surface area is 151 Å². The van der Waals surface area contributed by atoms with Gasteiger partial charge >= 0.3 is 11.9 Å². The number of carbonyl (C=O) groups is 2. The first-order chi connectivity index (χ1) is 11.7. The largest absolute Gasteiger partial charge is 0.479 e. The van der Waals surface area contributed by atoms with Crippen molar-refractivity contribution in [1.29, 1.82) is 0 Å². The van der Waals surface area contributed by atoms with Gasteiger partial charge in [-0.15, -0.1) is 11.8 Å². The van der Waals surface area contributed by atoms with Gasteiger partial charge in [0, 0.05) is 11.2 Å². The minimum absolute atomic E-state index is 0.365. The Morgan fingerprint density at radius 3 is 2.48 bits per heavy atom. The Bertz CT molecular complexity index is 734. The molecule has 2 aliphatic heterocycles. The first-order valence-electron chi connectivity index (χ1n) is 8.11. The number of rotatable bonds is 4.